The maximum Gasteiger partial charge on any atom is 0.197 e. The largest absolute Gasteiger partial charge is 0.461 e. The molecular formula is C23H37NO4. The minimum Gasteiger partial charge on any atom is -0.461 e. The molecule has 1 N–H and O–H groups in total. The Kier molecular flexibility index (Phi) is 5.74. The van der Waals surface area contributed by atoms with Gasteiger partial charge in [-0.05, 0) is 51.2 Å². The topological polar surface area (TPSA) is 49.0 Å². The van der Waals surface area contributed by atoms with Crippen molar-refractivity contribution >= 4 is 0 Å². The number of fused-ring (bicyclic) bond motifs is 4. The van der Waals surface area contributed by atoms with Crippen molar-refractivity contribution in [1.82, 2.24) is 5.32 Å². The molecule has 0 bridgehead atoms. The number of ether oxygens (including phenoxy) is 4. The Hall–Kier alpha value is -1.30. The van der Waals surface area contributed by atoms with Crippen LogP contribution in [-0.4, -0.2) is 32.3 Å². The highest BCUT2D eigenvalue weighted by molar-refractivity contribution is 5.68. The first-order chi connectivity index (χ1) is 13.1. The molecule has 1 aliphatic carbocycles. The van der Waals surface area contributed by atoms with Gasteiger partial charge in [-0.3, -0.25) is 0 Å². The minimum atomic E-state index is -0.337. The van der Waals surface area contributed by atoms with E-state index in [1.165, 1.54) is 11.1 Å². The van der Waals surface area contributed by atoms with Crippen molar-refractivity contribution < 1.29 is 18.9 Å². The van der Waals surface area contributed by atoms with Crippen LogP contribution in [-0.2, 0) is 20.4 Å². The predicted octanol–water partition coefficient (Wildman–Crippen LogP) is 4.72. The molecule has 2 aliphatic rings. The highest BCUT2D eigenvalue weighted by Crippen LogP contribution is 2.67. The molecule has 5 nitrogen and oxygen atoms in total. The van der Waals surface area contributed by atoms with Crippen molar-refractivity contribution in [3.8, 4) is 11.5 Å². The molecule has 0 saturated carbocycles. The van der Waals surface area contributed by atoms with E-state index in [0.717, 1.165) is 24.5 Å². The molecule has 4 atom stereocenters. The Morgan fingerprint density at radius 3 is 2.14 bits per heavy atom. The molecule has 0 amide bonds. The van der Waals surface area contributed by atoms with Crippen LogP contribution in [0.4, 0.5) is 0 Å². The summed E-state index contributed by atoms with van der Waals surface area (Å²) in [5.41, 5.74) is 2.85. The van der Waals surface area contributed by atoms with Gasteiger partial charge in [-0.15, -0.1) is 0 Å². The molecule has 1 aliphatic heterocycles. The molecule has 1 aromatic rings. The Bertz CT molecular complexity index is 713. The van der Waals surface area contributed by atoms with Gasteiger partial charge in [-0.2, -0.15) is 0 Å². The van der Waals surface area contributed by atoms with Gasteiger partial charge in [0.1, 0.15) is 0 Å². The SMILES string of the molecule is CCOC(C)Oc1ccc2c(c1OC(C)OCC)C1(C)CNC21CC(C)(C)C. The average molecular weight is 392 g/mol. The maximum absolute atomic E-state index is 6.29. The lowest BCUT2D eigenvalue weighted by molar-refractivity contribution is -0.0818. The zero-order chi connectivity index (χ0) is 20.7. The number of hydrogen-bond acceptors (Lipinski definition) is 5. The van der Waals surface area contributed by atoms with E-state index in [2.05, 4.69) is 39.1 Å². The second-order valence-corrected chi connectivity index (χ2v) is 9.43. The Labute approximate surface area is 170 Å². The second-order valence-electron chi connectivity index (χ2n) is 9.43. The van der Waals surface area contributed by atoms with E-state index in [1.54, 1.807) is 0 Å². The van der Waals surface area contributed by atoms with E-state index in [-0.39, 0.29) is 28.9 Å². The molecule has 158 valence electrons. The zero-order valence-electron chi connectivity index (χ0n) is 18.8. The van der Waals surface area contributed by atoms with Gasteiger partial charge in [0.25, 0.3) is 0 Å². The van der Waals surface area contributed by atoms with Crippen molar-refractivity contribution in [2.45, 2.75) is 85.3 Å². The summed E-state index contributed by atoms with van der Waals surface area (Å²) in [6.07, 6.45) is 0.412. The first-order valence-electron chi connectivity index (χ1n) is 10.6. The van der Waals surface area contributed by atoms with Gasteiger partial charge in [-0.1, -0.05) is 33.8 Å². The molecule has 1 aromatic carbocycles. The number of hydrogen-bond donors (Lipinski definition) is 1. The Morgan fingerprint density at radius 1 is 1.04 bits per heavy atom. The molecule has 3 rings (SSSR count). The van der Waals surface area contributed by atoms with Gasteiger partial charge < -0.3 is 24.3 Å². The Morgan fingerprint density at radius 2 is 1.64 bits per heavy atom. The first-order valence-corrected chi connectivity index (χ1v) is 10.6. The minimum absolute atomic E-state index is 0.0115. The predicted molar refractivity (Wildman–Crippen MR) is 111 cm³/mol. The van der Waals surface area contributed by atoms with Gasteiger partial charge in [0.15, 0.2) is 24.1 Å². The molecular weight excluding hydrogens is 354 g/mol. The fraction of sp³-hybridized carbons (Fsp3) is 0.739. The van der Waals surface area contributed by atoms with E-state index in [0.29, 0.717) is 13.2 Å². The third-order valence-corrected chi connectivity index (χ3v) is 5.99. The quantitative estimate of drug-likeness (QED) is 0.618. The first kappa shape index (κ1) is 21.4. The summed E-state index contributed by atoms with van der Waals surface area (Å²) in [4.78, 5) is 0. The Balaban J connectivity index is 2.01. The van der Waals surface area contributed by atoms with Crippen LogP contribution in [0.25, 0.3) is 0 Å². The lowest BCUT2D eigenvalue weighted by atomic mass is 9.43. The van der Waals surface area contributed by atoms with Gasteiger partial charge in [-0.25, -0.2) is 0 Å². The summed E-state index contributed by atoms with van der Waals surface area (Å²) >= 11 is 0. The standard InChI is InChI=1S/C23H37NO4/c1-9-25-15(3)27-18-12-11-17-19(20(18)28-16(4)26-10-2)22(8)14-24-23(17,22)13-21(5,6)7/h11-12,15-16,24H,9-10,13-14H2,1-8H3. The van der Waals surface area contributed by atoms with E-state index in [1.807, 2.05) is 33.8 Å². The molecule has 0 radical (unpaired) electrons. The van der Waals surface area contributed by atoms with Crippen LogP contribution in [0.2, 0.25) is 0 Å². The number of rotatable bonds is 9. The average Bonchev–Trinajstić information content (AvgIpc) is 2.59. The van der Waals surface area contributed by atoms with Crippen molar-refractivity contribution in [3.05, 3.63) is 23.3 Å². The van der Waals surface area contributed by atoms with Crippen LogP contribution < -0.4 is 14.8 Å². The van der Waals surface area contributed by atoms with Gasteiger partial charge in [0, 0.05) is 30.7 Å². The van der Waals surface area contributed by atoms with Crippen LogP contribution >= 0.6 is 0 Å². The monoisotopic (exact) mass is 391 g/mol. The van der Waals surface area contributed by atoms with E-state index < -0.39 is 0 Å². The van der Waals surface area contributed by atoms with Crippen LogP contribution in [0, 0.1) is 5.41 Å². The zero-order valence-corrected chi connectivity index (χ0v) is 18.8. The summed E-state index contributed by atoms with van der Waals surface area (Å²) < 4.78 is 23.6. The number of nitrogens with one attached hydrogen (secondary N) is 1. The van der Waals surface area contributed by atoms with Gasteiger partial charge in [0.05, 0.1) is 5.54 Å². The maximum atomic E-state index is 6.29. The molecule has 1 heterocycles. The molecule has 1 fully saturated rings. The lowest BCUT2D eigenvalue weighted by Crippen LogP contribution is -2.79. The summed E-state index contributed by atoms with van der Waals surface area (Å²) in [5, 5.41) is 3.75. The van der Waals surface area contributed by atoms with Crippen LogP contribution in [0.5, 0.6) is 11.5 Å². The molecule has 0 spiro atoms. The van der Waals surface area contributed by atoms with Crippen molar-refractivity contribution in [2.75, 3.05) is 19.8 Å². The third kappa shape index (κ3) is 3.42. The summed E-state index contributed by atoms with van der Waals surface area (Å²) in [7, 11) is 0. The highest BCUT2D eigenvalue weighted by Gasteiger charge is 2.68. The van der Waals surface area contributed by atoms with E-state index in [9.17, 15) is 0 Å². The van der Waals surface area contributed by atoms with Gasteiger partial charge >= 0.3 is 0 Å². The lowest BCUT2D eigenvalue weighted by Gasteiger charge is -2.69. The number of benzene rings is 1. The highest BCUT2D eigenvalue weighted by atomic mass is 16.7. The fourth-order valence-electron chi connectivity index (χ4n) is 4.91. The smallest absolute Gasteiger partial charge is 0.197 e. The van der Waals surface area contributed by atoms with E-state index >= 15 is 0 Å². The third-order valence-electron chi connectivity index (χ3n) is 5.99. The molecule has 5 heteroatoms. The summed E-state index contributed by atoms with van der Waals surface area (Å²) in [6.45, 7) is 19.2. The van der Waals surface area contributed by atoms with Gasteiger partial charge in [0.2, 0.25) is 0 Å². The van der Waals surface area contributed by atoms with Crippen molar-refractivity contribution in [3.63, 3.8) is 0 Å². The van der Waals surface area contributed by atoms with Crippen molar-refractivity contribution in [1.29, 1.82) is 0 Å². The summed E-state index contributed by atoms with van der Waals surface area (Å²) in [6, 6.07) is 4.22. The van der Waals surface area contributed by atoms with E-state index in [4.69, 9.17) is 18.9 Å². The van der Waals surface area contributed by atoms with Crippen LogP contribution in [0.15, 0.2) is 12.1 Å². The van der Waals surface area contributed by atoms with Crippen LogP contribution in [0.3, 0.4) is 0 Å². The summed E-state index contributed by atoms with van der Waals surface area (Å²) in [5.74, 6) is 1.53. The second kappa shape index (κ2) is 7.51. The molecule has 0 aromatic heterocycles. The molecule has 28 heavy (non-hydrogen) atoms. The molecule has 1 saturated heterocycles. The normalized spacial score (nSPS) is 27.7. The van der Waals surface area contributed by atoms with Crippen LogP contribution in [0.1, 0.15) is 72.9 Å². The van der Waals surface area contributed by atoms with Crippen molar-refractivity contribution in [2.24, 2.45) is 5.41 Å². The fourth-order valence-corrected chi connectivity index (χ4v) is 4.91. The molecule has 4 unspecified atom stereocenters.